The van der Waals surface area contributed by atoms with Gasteiger partial charge in [-0.25, -0.2) is 0 Å². The van der Waals surface area contributed by atoms with E-state index in [0.717, 1.165) is 50.3 Å². The van der Waals surface area contributed by atoms with Crippen LogP contribution in [0.2, 0.25) is 0 Å². The van der Waals surface area contributed by atoms with E-state index in [0.29, 0.717) is 0 Å². The predicted molar refractivity (Wildman–Crippen MR) is 66.6 cm³/mol. The van der Waals surface area contributed by atoms with Crippen molar-refractivity contribution in [2.75, 3.05) is 0 Å². The molecule has 0 saturated heterocycles. The second-order valence-corrected chi connectivity index (χ2v) is 5.20. The van der Waals surface area contributed by atoms with E-state index in [2.05, 4.69) is 0 Å². The van der Waals surface area contributed by atoms with Crippen molar-refractivity contribution in [2.45, 2.75) is 44.3 Å². The van der Waals surface area contributed by atoms with E-state index in [1.54, 1.807) is 0 Å². The highest BCUT2D eigenvalue weighted by molar-refractivity contribution is 5.39. The second kappa shape index (κ2) is 5.41. The lowest BCUT2D eigenvalue weighted by Gasteiger charge is -2.28. The van der Waals surface area contributed by atoms with Gasteiger partial charge in [0.25, 0.3) is 0 Å². The Bertz CT molecular complexity index is 439. The van der Waals surface area contributed by atoms with E-state index >= 15 is 0 Å². The highest BCUT2D eigenvalue weighted by atomic mass is 19.4. The Morgan fingerprint density at radius 2 is 1.79 bits per heavy atom. The molecule has 1 aliphatic rings. The number of phenolic OH excluding ortho intramolecular Hbond substituents is 1. The van der Waals surface area contributed by atoms with E-state index in [-0.39, 0.29) is 17.2 Å². The van der Waals surface area contributed by atoms with Crippen LogP contribution in [0.1, 0.15) is 49.3 Å². The van der Waals surface area contributed by atoms with Crippen molar-refractivity contribution >= 4 is 0 Å². The molecule has 3 N–H and O–H groups in total. The van der Waals surface area contributed by atoms with E-state index in [1.165, 1.54) is 0 Å². The molecule has 5 heteroatoms. The summed E-state index contributed by atoms with van der Waals surface area (Å²) >= 11 is 0. The van der Waals surface area contributed by atoms with E-state index < -0.39 is 17.8 Å². The largest absolute Gasteiger partial charge is 0.508 e. The summed E-state index contributed by atoms with van der Waals surface area (Å²) in [6.07, 6.45) is 0.677. The summed E-state index contributed by atoms with van der Waals surface area (Å²) in [5.74, 6) is 0.00853. The average molecular weight is 273 g/mol. The lowest BCUT2D eigenvalue weighted by atomic mass is 9.81. The van der Waals surface area contributed by atoms with Gasteiger partial charge >= 0.3 is 6.18 Å². The van der Waals surface area contributed by atoms with Crippen LogP contribution in [0, 0.1) is 5.92 Å². The van der Waals surface area contributed by atoms with Gasteiger partial charge in [-0.15, -0.1) is 0 Å². The van der Waals surface area contributed by atoms with Crippen LogP contribution in [0.3, 0.4) is 0 Å². The summed E-state index contributed by atoms with van der Waals surface area (Å²) in [4.78, 5) is 0. The molecule has 0 aromatic heterocycles. The van der Waals surface area contributed by atoms with Crippen LogP contribution < -0.4 is 5.73 Å². The van der Waals surface area contributed by atoms with Gasteiger partial charge in [-0.1, -0.05) is 19.3 Å². The Kier molecular flexibility index (Phi) is 4.04. The van der Waals surface area contributed by atoms with Gasteiger partial charge in [0, 0.05) is 11.6 Å². The zero-order valence-corrected chi connectivity index (χ0v) is 10.6. The van der Waals surface area contributed by atoms with Crippen LogP contribution in [-0.2, 0) is 6.18 Å². The van der Waals surface area contributed by atoms with Gasteiger partial charge in [0.2, 0.25) is 0 Å². The summed E-state index contributed by atoms with van der Waals surface area (Å²) in [5.41, 5.74) is 5.51. The highest BCUT2D eigenvalue weighted by Crippen LogP contribution is 2.39. The summed E-state index contributed by atoms with van der Waals surface area (Å²) in [5, 5.41) is 9.75. The standard InChI is InChI=1S/C14H18F3NO/c15-14(16,17)10-6-7-12(19)11(8-10)13(18)9-4-2-1-3-5-9/h6-9,13,19H,1-5,18H2/t13-/m1/s1. The molecule has 0 amide bonds. The number of rotatable bonds is 2. The molecule has 2 nitrogen and oxygen atoms in total. The first kappa shape index (κ1) is 14.2. The molecular formula is C14H18F3NO. The first-order valence-electron chi connectivity index (χ1n) is 6.55. The molecule has 2 rings (SSSR count). The number of hydrogen-bond donors (Lipinski definition) is 2. The smallest absolute Gasteiger partial charge is 0.416 e. The fraction of sp³-hybridized carbons (Fsp3) is 0.571. The van der Waals surface area contributed by atoms with E-state index in [9.17, 15) is 18.3 Å². The van der Waals surface area contributed by atoms with Gasteiger partial charge in [0.15, 0.2) is 0 Å². The molecule has 1 aliphatic carbocycles. The van der Waals surface area contributed by atoms with Crippen LogP contribution >= 0.6 is 0 Å². The number of alkyl halides is 3. The summed E-state index contributed by atoms with van der Waals surface area (Å²) in [6, 6.07) is 2.42. The molecular weight excluding hydrogens is 255 g/mol. The molecule has 0 spiro atoms. The SMILES string of the molecule is N[C@@H](c1cc(C(F)(F)F)ccc1O)C1CCCCC1. The molecule has 0 unspecified atom stereocenters. The molecule has 0 aliphatic heterocycles. The van der Waals surface area contributed by atoms with Crippen LogP contribution in [0.25, 0.3) is 0 Å². The molecule has 106 valence electrons. The number of phenols is 1. The van der Waals surface area contributed by atoms with E-state index in [1.807, 2.05) is 0 Å². The lowest BCUT2D eigenvalue weighted by molar-refractivity contribution is -0.137. The Morgan fingerprint density at radius 3 is 2.37 bits per heavy atom. The average Bonchev–Trinajstić information content (AvgIpc) is 2.38. The number of aromatic hydroxyl groups is 1. The van der Waals surface area contributed by atoms with Gasteiger partial charge < -0.3 is 10.8 Å². The second-order valence-electron chi connectivity index (χ2n) is 5.20. The Balaban J connectivity index is 2.27. The number of nitrogens with two attached hydrogens (primary N) is 1. The number of halogens is 3. The van der Waals surface area contributed by atoms with Crippen LogP contribution in [0.5, 0.6) is 5.75 Å². The maximum absolute atomic E-state index is 12.7. The minimum Gasteiger partial charge on any atom is -0.508 e. The van der Waals surface area contributed by atoms with Gasteiger partial charge in [-0.3, -0.25) is 0 Å². The normalized spacial score (nSPS) is 19.4. The van der Waals surface area contributed by atoms with Crippen molar-refractivity contribution in [1.82, 2.24) is 0 Å². The number of benzene rings is 1. The van der Waals surface area contributed by atoms with E-state index in [4.69, 9.17) is 5.73 Å². The van der Waals surface area contributed by atoms with Crippen LogP contribution in [0.4, 0.5) is 13.2 Å². The Morgan fingerprint density at radius 1 is 1.16 bits per heavy atom. The molecule has 19 heavy (non-hydrogen) atoms. The first-order valence-corrected chi connectivity index (χ1v) is 6.55. The van der Waals surface area contributed by atoms with Crippen molar-refractivity contribution in [2.24, 2.45) is 11.7 Å². The minimum atomic E-state index is -4.41. The fourth-order valence-corrected chi connectivity index (χ4v) is 2.75. The lowest BCUT2D eigenvalue weighted by Crippen LogP contribution is -2.24. The molecule has 1 aromatic carbocycles. The van der Waals surface area contributed by atoms with Gasteiger partial charge in [0.05, 0.1) is 5.56 Å². The van der Waals surface area contributed by atoms with Crippen molar-refractivity contribution in [3.8, 4) is 5.75 Å². The molecule has 1 fully saturated rings. The van der Waals surface area contributed by atoms with Gasteiger partial charge in [0.1, 0.15) is 5.75 Å². The third kappa shape index (κ3) is 3.21. The monoisotopic (exact) mass is 273 g/mol. The zero-order valence-electron chi connectivity index (χ0n) is 10.6. The number of hydrogen-bond acceptors (Lipinski definition) is 2. The van der Waals surface area contributed by atoms with Crippen molar-refractivity contribution in [3.05, 3.63) is 29.3 Å². The zero-order chi connectivity index (χ0) is 14.0. The molecule has 0 radical (unpaired) electrons. The molecule has 1 atom stereocenters. The topological polar surface area (TPSA) is 46.2 Å². The Labute approximate surface area is 110 Å². The van der Waals surface area contributed by atoms with Crippen molar-refractivity contribution in [1.29, 1.82) is 0 Å². The summed E-state index contributed by atoms with van der Waals surface area (Å²) in [6.45, 7) is 0. The molecule has 1 aromatic rings. The maximum Gasteiger partial charge on any atom is 0.416 e. The van der Waals surface area contributed by atoms with Crippen molar-refractivity contribution in [3.63, 3.8) is 0 Å². The minimum absolute atomic E-state index is 0.147. The summed E-state index contributed by atoms with van der Waals surface area (Å²) in [7, 11) is 0. The van der Waals surface area contributed by atoms with Crippen molar-refractivity contribution < 1.29 is 18.3 Å². The molecule has 0 bridgehead atoms. The van der Waals surface area contributed by atoms with Crippen LogP contribution in [0.15, 0.2) is 18.2 Å². The molecule has 1 saturated carbocycles. The Hall–Kier alpha value is -1.23. The summed E-state index contributed by atoms with van der Waals surface area (Å²) < 4.78 is 38.0. The van der Waals surface area contributed by atoms with Gasteiger partial charge in [-0.05, 0) is 37.0 Å². The van der Waals surface area contributed by atoms with Gasteiger partial charge in [-0.2, -0.15) is 13.2 Å². The molecule has 0 heterocycles. The maximum atomic E-state index is 12.7. The third-order valence-electron chi connectivity index (χ3n) is 3.87. The highest BCUT2D eigenvalue weighted by Gasteiger charge is 2.32. The first-order chi connectivity index (χ1) is 8.89. The quantitative estimate of drug-likeness (QED) is 0.855. The van der Waals surface area contributed by atoms with Crippen LogP contribution in [-0.4, -0.2) is 5.11 Å². The fourth-order valence-electron chi connectivity index (χ4n) is 2.75. The predicted octanol–water partition coefficient (Wildman–Crippen LogP) is 3.99. The third-order valence-corrected chi connectivity index (χ3v) is 3.87.